The molecule has 0 fully saturated rings. The SMILES string of the molecule is Cc1cc(Br)c(C)c(C)c1OCCN. The molecular weight excluding hydrogens is 242 g/mol. The van der Waals surface area contributed by atoms with Crippen LogP contribution in [0.5, 0.6) is 5.75 Å². The highest BCUT2D eigenvalue weighted by Crippen LogP contribution is 2.31. The lowest BCUT2D eigenvalue weighted by Gasteiger charge is -2.14. The summed E-state index contributed by atoms with van der Waals surface area (Å²) in [7, 11) is 0. The van der Waals surface area contributed by atoms with E-state index in [4.69, 9.17) is 10.5 Å². The minimum atomic E-state index is 0.550. The molecule has 0 aliphatic carbocycles. The van der Waals surface area contributed by atoms with Crippen LogP contribution in [0.2, 0.25) is 0 Å². The van der Waals surface area contributed by atoms with Gasteiger partial charge < -0.3 is 10.5 Å². The Hall–Kier alpha value is -0.540. The van der Waals surface area contributed by atoms with Crippen LogP contribution in [0.25, 0.3) is 0 Å². The van der Waals surface area contributed by atoms with Gasteiger partial charge in [0.2, 0.25) is 0 Å². The first-order chi connectivity index (χ1) is 6.57. The van der Waals surface area contributed by atoms with Gasteiger partial charge >= 0.3 is 0 Å². The van der Waals surface area contributed by atoms with E-state index >= 15 is 0 Å². The van der Waals surface area contributed by atoms with E-state index < -0.39 is 0 Å². The number of halogens is 1. The molecule has 3 heteroatoms. The molecule has 0 aliphatic heterocycles. The molecule has 2 N–H and O–H groups in total. The first-order valence-electron chi connectivity index (χ1n) is 4.67. The Labute approximate surface area is 93.6 Å². The molecule has 78 valence electrons. The maximum Gasteiger partial charge on any atom is 0.125 e. The average Bonchev–Trinajstić information content (AvgIpc) is 2.14. The van der Waals surface area contributed by atoms with Gasteiger partial charge in [-0.05, 0) is 43.5 Å². The highest BCUT2D eigenvalue weighted by Gasteiger charge is 2.09. The average molecular weight is 258 g/mol. The zero-order valence-corrected chi connectivity index (χ0v) is 10.4. The highest BCUT2D eigenvalue weighted by molar-refractivity contribution is 9.10. The molecule has 0 heterocycles. The number of hydrogen-bond acceptors (Lipinski definition) is 2. The lowest BCUT2D eigenvalue weighted by Crippen LogP contribution is -2.12. The molecule has 1 aromatic carbocycles. The van der Waals surface area contributed by atoms with Crippen molar-refractivity contribution >= 4 is 15.9 Å². The van der Waals surface area contributed by atoms with Crippen molar-refractivity contribution in [3.05, 3.63) is 27.2 Å². The van der Waals surface area contributed by atoms with Gasteiger partial charge in [0.1, 0.15) is 12.4 Å². The van der Waals surface area contributed by atoms with E-state index in [1.165, 1.54) is 11.1 Å². The summed E-state index contributed by atoms with van der Waals surface area (Å²) in [6.45, 7) is 7.31. The van der Waals surface area contributed by atoms with E-state index in [1.807, 2.05) is 6.92 Å². The van der Waals surface area contributed by atoms with Gasteiger partial charge in [0.05, 0.1) is 0 Å². The molecule has 2 nitrogen and oxygen atoms in total. The monoisotopic (exact) mass is 257 g/mol. The Bertz CT molecular complexity index is 337. The number of nitrogens with two attached hydrogens (primary N) is 1. The summed E-state index contributed by atoms with van der Waals surface area (Å²) < 4.78 is 6.74. The molecular formula is C11H16BrNO. The van der Waals surface area contributed by atoms with Crippen molar-refractivity contribution in [1.82, 2.24) is 0 Å². The van der Waals surface area contributed by atoms with Crippen LogP contribution in [0, 0.1) is 20.8 Å². The van der Waals surface area contributed by atoms with Gasteiger partial charge in [0, 0.05) is 11.0 Å². The summed E-state index contributed by atoms with van der Waals surface area (Å²) in [4.78, 5) is 0. The third kappa shape index (κ3) is 2.28. The number of rotatable bonds is 3. The second-order valence-corrected chi connectivity index (χ2v) is 4.25. The first-order valence-corrected chi connectivity index (χ1v) is 5.46. The smallest absolute Gasteiger partial charge is 0.125 e. The maximum absolute atomic E-state index is 5.61. The Morgan fingerprint density at radius 1 is 1.29 bits per heavy atom. The normalized spacial score (nSPS) is 10.4. The standard InChI is InChI=1S/C11H16BrNO/c1-7-6-10(12)8(2)9(3)11(7)14-5-4-13/h6H,4-5,13H2,1-3H3. The van der Waals surface area contributed by atoms with Crippen LogP contribution in [0.3, 0.4) is 0 Å². The molecule has 0 amide bonds. The van der Waals surface area contributed by atoms with Crippen LogP contribution in [-0.2, 0) is 0 Å². The molecule has 0 radical (unpaired) electrons. The van der Waals surface area contributed by atoms with Crippen molar-refractivity contribution in [1.29, 1.82) is 0 Å². The number of hydrogen-bond donors (Lipinski definition) is 1. The highest BCUT2D eigenvalue weighted by atomic mass is 79.9. The van der Waals surface area contributed by atoms with Crippen molar-refractivity contribution in [3.8, 4) is 5.75 Å². The van der Waals surface area contributed by atoms with Gasteiger partial charge in [-0.3, -0.25) is 0 Å². The van der Waals surface area contributed by atoms with E-state index in [0.29, 0.717) is 13.2 Å². The largest absolute Gasteiger partial charge is 0.492 e. The van der Waals surface area contributed by atoms with Crippen molar-refractivity contribution < 1.29 is 4.74 Å². The van der Waals surface area contributed by atoms with Gasteiger partial charge in [-0.1, -0.05) is 15.9 Å². The van der Waals surface area contributed by atoms with Gasteiger partial charge in [0.15, 0.2) is 0 Å². The van der Waals surface area contributed by atoms with Gasteiger partial charge in [-0.25, -0.2) is 0 Å². The topological polar surface area (TPSA) is 35.2 Å². The van der Waals surface area contributed by atoms with Crippen LogP contribution in [0.1, 0.15) is 16.7 Å². The second-order valence-electron chi connectivity index (χ2n) is 3.39. The Balaban J connectivity index is 3.09. The summed E-state index contributed by atoms with van der Waals surface area (Å²) in [6.07, 6.45) is 0. The number of benzene rings is 1. The first kappa shape index (κ1) is 11.5. The van der Waals surface area contributed by atoms with Crippen molar-refractivity contribution in [2.45, 2.75) is 20.8 Å². The molecule has 1 rings (SSSR count). The molecule has 1 aromatic rings. The zero-order chi connectivity index (χ0) is 10.7. The Kier molecular flexibility index (Phi) is 3.96. The van der Waals surface area contributed by atoms with Crippen LogP contribution in [0.4, 0.5) is 0 Å². The van der Waals surface area contributed by atoms with Crippen molar-refractivity contribution in [3.63, 3.8) is 0 Å². The number of ether oxygens (including phenoxy) is 1. The van der Waals surface area contributed by atoms with E-state index in [2.05, 4.69) is 35.8 Å². The van der Waals surface area contributed by atoms with E-state index in [0.717, 1.165) is 15.8 Å². The fourth-order valence-corrected chi connectivity index (χ4v) is 2.03. The summed E-state index contributed by atoms with van der Waals surface area (Å²) in [5.41, 5.74) is 8.97. The summed E-state index contributed by atoms with van der Waals surface area (Å²) in [5.74, 6) is 0.969. The van der Waals surface area contributed by atoms with E-state index in [-0.39, 0.29) is 0 Å². The fourth-order valence-electron chi connectivity index (χ4n) is 1.39. The quantitative estimate of drug-likeness (QED) is 0.904. The van der Waals surface area contributed by atoms with Gasteiger partial charge in [-0.15, -0.1) is 0 Å². The molecule has 0 saturated carbocycles. The van der Waals surface area contributed by atoms with Crippen LogP contribution < -0.4 is 10.5 Å². The van der Waals surface area contributed by atoms with Crippen molar-refractivity contribution in [2.24, 2.45) is 5.73 Å². The molecule has 0 aromatic heterocycles. The van der Waals surface area contributed by atoms with Crippen LogP contribution >= 0.6 is 15.9 Å². The molecule has 0 saturated heterocycles. The van der Waals surface area contributed by atoms with Crippen molar-refractivity contribution in [2.75, 3.05) is 13.2 Å². The van der Waals surface area contributed by atoms with Gasteiger partial charge in [0.25, 0.3) is 0 Å². The molecule has 0 spiro atoms. The lowest BCUT2D eigenvalue weighted by atomic mass is 10.1. The minimum absolute atomic E-state index is 0.550. The predicted octanol–water partition coefficient (Wildman–Crippen LogP) is 2.71. The Morgan fingerprint density at radius 3 is 2.50 bits per heavy atom. The zero-order valence-electron chi connectivity index (χ0n) is 8.86. The van der Waals surface area contributed by atoms with Gasteiger partial charge in [-0.2, -0.15) is 0 Å². The third-order valence-electron chi connectivity index (χ3n) is 2.33. The predicted molar refractivity (Wildman–Crippen MR) is 62.9 cm³/mol. The van der Waals surface area contributed by atoms with Crippen LogP contribution in [0.15, 0.2) is 10.5 Å². The fraction of sp³-hybridized carbons (Fsp3) is 0.455. The summed E-state index contributed by atoms with van der Waals surface area (Å²) in [5, 5.41) is 0. The third-order valence-corrected chi connectivity index (χ3v) is 3.15. The summed E-state index contributed by atoms with van der Waals surface area (Å²) in [6, 6.07) is 2.08. The molecule has 0 aliphatic rings. The minimum Gasteiger partial charge on any atom is -0.492 e. The van der Waals surface area contributed by atoms with Crippen LogP contribution in [-0.4, -0.2) is 13.2 Å². The lowest BCUT2D eigenvalue weighted by molar-refractivity contribution is 0.323. The second kappa shape index (κ2) is 4.80. The number of aryl methyl sites for hydroxylation is 1. The Morgan fingerprint density at radius 2 is 1.93 bits per heavy atom. The molecule has 14 heavy (non-hydrogen) atoms. The van der Waals surface area contributed by atoms with E-state index in [9.17, 15) is 0 Å². The molecule has 0 bridgehead atoms. The summed E-state index contributed by atoms with van der Waals surface area (Å²) >= 11 is 3.52. The molecule has 0 atom stereocenters. The van der Waals surface area contributed by atoms with E-state index in [1.54, 1.807) is 0 Å². The maximum atomic E-state index is 5.61. The molecule has 0 unspecified atom stereocenters.